The van der Waals surface area contributed by atoms with Gasteiger partial charge in [-0.25, -0.2) is 0 Å². The number of H-pyrrole nitrogens is 1. The zero-order valence-corrected chi connectivity index (χ0v) is 8.55. The Bertz CT molecular complexity index is 506. The summed E-state index contributed by atoms with van der Waals surface area (Å²) in [6, 6.07) is 1.82. The first-order valence-electron chi connectivity index (χ1n) is 4.80. The SMILES string of the molecule is Nc1nc(OC/C=C/CO)c2cc[nH]c2n1. The molecular formula is C10H12N4O2. The van der Waals surface area contributed by atoms with Crippen LogP contribution in [0.25, 0.3) is 11.0 Å². The number of aliphatic hydroxyl groups is 1. The molecule has 0 spiro atoms. The Kier molecular flexibility index (Phi) is 3.02. The van der Waals surface area contributed by atoms with Crippen LogP contribution in [-0.2, 0) is 0 Å². The molecule has 16 heavy (non-hydrogen) atoms. The predicted octanol–water partition coefficient (Wildman–Crippen LogP) is 0.467. The number of ether oxygens (including phenoxy) is 1. The number of aromatic amines is 1. The number of nitrogens with zero attached hydrogens (tertiary/aromatic N) is 2. The molecule has 84 valence electrons. The van der Waals surface area contributed by atoms with Crippen LogP contribution in [0.15, 0.2) is 24.4 Å². The standard InChI is InChI=1S/C10H12N4O2/c11-10-13-8-7(3-4-12-8)9(14-10)16-6-2-1-5-15/h1-4,15H,5-6H2,(H3,11,12,13,14)/b2-1+. The molecule has 0 atom stereocenters. The fourth-order valence-corrected chi connectivity index (χ4v) is 1.31. The van der Waals surface area contributed by atoms with Gasteiger partial charge in [0.1, 0.15) is 12.3 Å². The van der Waals surface area contributed by atoms with Crippen molar-refractivity contribution in [1.82, 2.24) is 15.0 Å². The van der Waals surface area contributed by atoms with Crippen LogP contribution in [0.3, 0.4) is 0 Å². The molecule has 6 heteroatoms. The van der Waals surface area contributed by atoms with E-state index in [0.29, 0.717) is 18.1 Å². The van der Waals surface area contributed by atoms with E-state index >= 15 is 0 Å². The fourth-order valence-electron chi connectivity index (χ4n) is 1.31. The Morgan fingerprint density at radius 1 is 1.44 bits per heavy atom. The van der Waals surface area contributed by atoms with E-state index < -0.39 is 0 Å². The minimum atomic E-state index is -0.00512. The zero-order chi connectivity index (χ0) is 11.4. The summed E-state index contributed by atoms with van der Waals surface area (Å²) in [6.45, 7) is 0.326. The van der Waals surface area contributed by atoms with Crippen LogP contribution in [0, 0.1) is 0 Å². The van der Waals surface area contributed by atoms with Crippen LogP contribution < -0.4 is 10.5 Å². The van der Waals surface area contributed by atoms with Gasteiger partial charge in [-0.3, -0.25) is 0 Å². The number of nitrogen functional groups attached to an aromatic ring is 1. The van der Waals surface area contributed by atoms with Crippen molar-refractivity contribution in [3.8, 4) is 5.88 Å². The van der Waals surface area contributed by atoms with Gasteiger partial charge in [0.2, 0.25) is 11.8 Å². The maximum atomic E-state index is 8.55. The summed E-state index contributed by atoms with van der Waals surface area (Å²) in [5.41, 5.74) is 6.18. The second-order valence-corrected chi connectivity index (χ2v) is 3.09. The number of nitrogens with two attached hydrogens (primary N) is 1. The van der Waals surface area contributed by atoms with E-state index in [1.54, 1.807) is 18.3 Å². The van der Waals surface area contributed by atoms with Gasteiger partial charge >= 0.3 is 0 Å². The van der Waals surface area contributed by atoms with Gasteiger partial charge in [0.05, 0.1) is 12.0 Å². The first-order valence-corrected chi connectivity index (χ1v) is 4.80. The lowest BCUT2D eigenvalue weighted by atomic mass is 10.4. The van der Waals surface area contributed by atoms with Gasteiger partial charge in [-0.15, -0.1) is 0 Å². The molecule has 0 saturated carbocycles. The van der Waals surface area contributed by atoms with Gasteiger partial charge in [0.25, 0.3) is 0 Å². The number of nitrogens with one attached hydrogen (secondary N) is 1. The third-order valence-electron chi connectivity index (χ3n) is 1.99. The van der Waals surface area contributed by atoms with Gasteiger partial charge in [0, 0.05) is 6.20 Å². The van der Waals surface area contributed by atoms with Crippen molar-refractivity contribution in [2.75, 3.05) is 18.9 Å². The number of hydrogen-bond donors (Lipinski definition) is 3. The molecule has 0 bridgehead atoms. The van der Waals surface area contributed by atoms with Crippen molar-refractivity contribution in [2.45, 2.75) is 0 Å². The summed E-state index contributed by atoms with van der Waals surface area (Å²) in [5, 5.41) is 9.34. The molecule has 0 radical (unpaired) electrons. The monoisotopic (exact) mass is 220 g/mol. The molecule has 0 fully saturated rings. The Balaban J connectivity index is 2.22. The first-order chi connectivity index (χ1) is 7.81. The normalized spacial score (nSPS) is 11.3. The summed E-state index contributed by atoms with van der Waals surface area (Å²) in [5.74, 6) is 0.599. The lowest BCUT2D eigenvalue weighted by Crippen LogP contribution is -2.01. The highest BCUT2D eigenvalue weighted by Gasteiger charge is 2.07. The van der Waals surface area contributed by atoms with Gasteiger partial charge in [0.15, 0.2) is 0 Å². The van der Waals surface area contributed by atoms with Crippen molar-refractivity contribution in [2.24, 2.45) is 0 Å². The van der Waals surface area contributed by atoms with Gasteiger partial charge in [-0.2, -0.15) is 9.97 Å². The quantitative estimate of drug-likeness (QED) is 0.650. The molecular weight excluding hydrogens is 208 g/mol. The summed E-state index contributed by atoms with van der Waals surface area (Å²) < 4.78 is 5.41. The lowest BCUT2D eigenvalue weighted by molar-refractivity contribution is 0.334. The molecule has 0 aliphatic heterocycles. The number of aromatic nitrogens is 3. The minimum Gasteiger partial charge on any atom is -0.473 e. The Morgan fingerprint density at radius 2 is 2.31 bits per heavy atom. The molecule has 0 saturated heterocycles. The third-order valence-corrected chi connectivity index (χ3v) is 1.99. The Labute approximate surface area is 91.8 Å². The molecule has 2 rings (SSSR count). The number of hydrogen-bond acceptors (Lipinski definition) is 5. The van der Waals surface area contributed by atoms with Crippen molar-refractivity contribution >= 4 is 17.0 Å². The highest BCUT2D eigenvalue weighted by Crippen LogP contribution is 2.21. The predicted molar refractivity (Wildman–Crippen MR) is 60.0 cm³/mol. The smallest absolute Gasteiger partial charge is 0.228 e. The summed E-state index contributed by atoms with van der Waals surface area (Å²) >= 11 is 0. The average Bonchev–Trinajstić information content (AvgIpc) is 2.72. The Morgan fingerprint density at radius 3 is 3.12 bits per heavy atom. The minimum absolute atomic E-state index is 0.00512. The van der Waals surface area contributed by atoms with Crippen molar-refractivity contribution in [3.05, 3.63) is 24.4 Å². The van der Waals surface area contributed by atoms with Crippen LogP contribution in [-0.4, -0.2) is 33.3 Å². The topological polar surface area (TPSA) is 97.0 Å². The number of aliphatic hydroxyl groups excluding tert-OH is 1. The highest BCUT2D eigenvalue weighted by molar-refractivity contribution is 5.81. The van der Waals surface area contributed by atoms with Gasteiger partial charge in [-0.1, -0.05) is 6.08 Å². The molecule has 2 heterocycles. The molecule has 0 aromatic carbocycles. The molecule has 2 aromatic rings. The number of fused-ring (bicyclic) bond motifs is 1. The zero-order valence-electron chi connectivity index (χ0n) is 8.55. The van der Waals surface area contributed by atoms with Crippen LogP contribution in [0.2, 0.25) is 0 Å². The van der Waals surface area contributed by atoms with E-state index in [0.717, 1.165) is 5.39 Å². The molecule has 2 aromatic heterocycles. The fraction of sp³-hybridized carbons (Fsp3) is 0.200. The molecule has 0 amide bonds. The second-order valence-electron chi connectivity index (χ2n) is 3.09. The second kappa shape index (κ2) is 4.63. The van der Waals surface area contributed by atoms with E-state index in [1.165, 1.54) is 0 Å². The van der Waals surface area contributed by atoms with E-state index in [4.69, 9.17) is 15.6 Å². The van der Waals surface area contributed by atoms with E-state index in [9.17, 15) is 0 Å². The molecule has 0 unspecified atom stereocenters. The summed E-state index contributed by atoms with van der Waals surface area (Å²) in [7, 11) is 0. The van der Waals surface area contributed by atoms with Crippen molar-refractivity contribution in [3.63, 3.8) is 0 Å². The highest BCUT2D eigenvalue weighted by atomic mass is 16.5. The molecule has 4 N–H and O–H groups in total. The van der Waals surface area contributed by atoms with E-state index in [1.807, 2.05) is 6.07 Å². The van der Waals surface area contributed by atoms with Crippen LogP contribution >= 0.6 is 0 Å². The van der Waals surface area contributed by atoms with E-state index in [-0.39, 0.29) is 12.6 Å². The number of anilines is 1. The average molecular weight is 220 g/mol. The largest absolute Gasteiger partial charge is 0.473 e. The third kappa shape index (κ3) is 2.12. The van der Waals surface area contributed by atoms with Crippen molar-refractivity contribution in [1.29, 1.82) is 0 Å². The van der Waals surface area contributed by atoms with Crippen LogP contribution in [0.5, 0.6) is 5.88 Å². The lowest BCUT2D eigenvalue weighted by Gasteiger charge is -2.03. The maximum absolute atomic E-state index is 8.55. The Hall–Kier alpha value is -2.08. The maximum Gasteiger partial charge on any atom is 0.228 e. The molecule has 0 aliphatic rings. The van der Waals surface area contributed by atoms with Crippen LogP contribution in [0.1, 0.15) is 0 Å². The summed E-state index contributed by atoms with van der Waals surface area (Å²) in [6.07, 6.45) is 5.05. The molecule has 6 nitrogen and oxygen atoms in total. The van der Waals surface area contributed by atoms with Gasteiger partial charge < -0.3 is 20.6 Å². The van der Waals surface area contributed by atoms with Gasteiger partial charge in [-0.05, 0) is 12.1 Å². The van der Waals surface area contributed by atoms with Crippen molar-refractivity contribution < 1.29 is 9.84 Å². The molecule has 0 aliphatic carbocycles. The van der Waals surface area contributed by atoms with E-state index in [2.05, 4.69) is 15.0 Å². The van der Waals surface area contributed by atoms with Crippen LogP contribution in [0.4, 0.5) is 5.95 Å². The number of rotatable bonds is 4. The first kappa shape index (κ1) is 10.4. The summed E-state index contributed by atoms with van der Waals surface area (Å²) in [4.78, 5) is 10.9.